The predicted molar refractivity (Wildman–Crippen MR) is 281 cm³/mol. The van der Waals surface area contributed by atoms with Crippen LogP contribution in [0.15, 0.2) is 104 Å². The van der Waals surface area contributed by atoms with Crippen LogP contribution >= 0.6 is 0 Å². The van der Waals surface area contributed by atoms with E-state index in [1.165, 1.54) is 94.1 Å². The van der Waals surface area contributed by atoms with Crippen LogP contribution in [0.5, 0.6) is 0 Å². The largest absolute Gasteiger partial charge is 0.441 e. The van der Waals surface area contributed by atoms with E-state index in [4.69, 9.17) is 4.42 Å². The fourth-order valence-corrected chi connectivity index (χ4v) is 14.6. The maximum Gasteiger partial charge on any atom is 0.252 e. The Morgan fingerprint density at radius 1 is 0.636 bits per heavy atom. The number of allylic oxidation sites excluding steroid dienone is 7. The zero-order chi connectivity index (χ0) is 47.2. The number of fused-ring (bicyclic) bond motifs is 8. The quantitative estimate of drug-likeness (QED) is 0.239. The number of nitrogens with zero attached hydrogens (tertiary/aromatic N) is 2. The maximum absolute atomic E-state index is 7.64. The molecule has 1 fully saturated rings. The van der Waals surface area contributed by atoms with Crippen LogP contribution in [0, 0.1) is 22.2 Å². The third-order valence-corrected chi connectivity index (χ3v) is 19.3. The van der Waals surface area contributed by atoms with Crippen LogP contribution in [0.4, 0.5) is 11.6 Å². The van der Waals surface area contributed by atoms with Gasteiger partial charge in [0, 0.05) is 27.9 Å². The third kappa shape index (κ3) is 6.40. The molecule has 0 radical (unpaired) electrons. The van der Waals surface area contributed by atoms with E-state index in [9.17, 15) is 0 Å². The molecule has 6 aliphatic carbocycles. The van der Waals surface area contributed by atoms with E-state index in [2.05, 4.69) is 182 Å². The Balaban J connectivity index is 1.23. The molecule has 3 heterocycles. The van der Waals surface area contributed by atoms with Gasteiger partial charge in [0.1, 0.15) is 5.58 Å². The van der Waals surface area contributed by atoms with Crippen LogP contribution < -0.4 is 10.4 Å². The van der Waals surface area contributed by atoms with E-state index in [0.717, 1.165) is 30.7 Å². The van der Waals surface area contributed by atoms with Crippen molar-refractivity contribution in [3.8, 4) is 0 Å². The Morgan fingerprint density at radius 2 is 1.20 bits per heavy atom. The van der Waals surface area contributed by atoms with Gasteiger partial charge in [-0.15, -0.1) is 0 Å². The van der Waals surface area contributed by atoms with Gasteiger partial charge in [-0.3, -0.25) is 0 Å². The van der Waals surface area contributed by atoms with Gasteiger partial charge in [-0.25, -0.2) is 0 Å². The number of benzene rings is 2. The Bertz CT molecular complexity index is 2830. The molecule has 1 saturated carbocycles. The van der Waals surface area contributed by atoms with E-state index in [-0.39, 0.29) is 56.7 Å². The van der Waals surface area contributed by atoms with Crippen LogP contribution in [0.1, 0.15) is 198 Å². The monoisotopic (exact) mass is 881 g/mol. The van der Waals surface area contributed by atoms with Crippen molar-refractivity contribution in [3.63, 3.8) is 0 Å². The molecule has 3 aromatic rings. The summed E-state index contributed by atoms with van der Waals surface area (Å²) in [7, 11) is 0. The molecule has 1 aromatic heterocycles. The first-order valence-electron chi connectivity index (χ1n) is 26.3. The minimum absolute atomic E-state index is 0.0797. The molecule has 3 atom stereocenters. The number of furan rings is 1. The normalized spacial score (nSPS) is 28.6. The zero-order valence-electron chi connectivity index (χ0n) is 44.2. The maximum atomic E-state index is 7.64. The SMILES string of the molecule is CC1=CC2=C3B(C4=C(CCC(C(C)(C)C)=C4)N2C2C=C4C(=CC2C)C(C)(C)CCC4(C)C)c2c(oc4cc5c(cc24)C(C)(C)CCC5(C)C)N(c2ccc4c(c2)C(C)(C)CCC4(C)C)C3C1. The molecule has 4 heteroatoms. The highest BCUT2D eigenvalue weighted by molar-refractivity contribution is 6.90. The van der Waals surface area contributed by atoms with Crippen molar-refractivity contribution in [2.75, 3.05) is 4.90 Å². The fourth-order valence-electron chi connectivity index (χ4n) is 14.6. The Hall–Kier alpha value is -3.92. The van der Waals surface area contributed by atoms with Gasteiger partial charge in [-0.05, 0) is 183 Å². The summed E-state index contributed by atoms with van der Waals surface area (Å²) in [5.74, 6) is 1.44. The lowest BCUT2D eigenvalue weighted by Crippen LogP contribution is -2.58. The predicted octanol–water partition coefficient (Wildman–Crippen LogP) is 16.1. The molecule has 66 heavy (non-hydrogen) atoms. The van der Waals surface area contributed by atoms with E-state index in [1.54, 1.807) is 27.9 Å². The summed E-state index contributed by atoms with van der Waals surface area (Å²) in [6.45, 7) is 42.2. The smallest absolute Gasteiger partial charge is 0.252 e. The average molecular weight is 881 g/mol. The number of hydrogen-bond donors (Lipinski definition) is 0. The topological polar surface area (TPSA) is 19.6 Å². The van der Waals surface area contributed by atoms with Gasteiger partial charge in [0.05, 0.1) is 12.1 Å². The molecule has 0 spiro atoms. The van der Waals surface area contributed by atoms with Gasteiger partial charge in [0.25, 0.3) is 6.71 Å². The van der Waals surface area contributed by atoms with Crippen LogP contribution in [-0.2, 0) is 21.7 Å². The Kier molecular flexibility index (Phi) is 9.37. The lowest BCUT2D eigenvalue weighted by atomic mass is 9.30. The molecule has 0 bridgehead atoms. The number of anilines is 2. The summed E-state index contributed by atoms with van der Waals surface area (Å²) >= 11 is 0. The standard InChI is InChI=1S/C62H81BN2O/c1-36-28-50-54-51(29-36)65(49-34-45-42(30-37(49)2)58(8,9)24-26-61(45,14)15)48-21-18-38(56(3,4)5)31-47(48)63(54)53-40-33-44-46(62(16,17)27-25-60(44,12)13)35-52(40)66-55(53)64(50)39-19-20-41-43(32-39)59(10,11)23-22-57(41,6)7/h19-20,29-35,37,49-50H,18,21-28H2,1-17H3. The number of hydrogen-bond acceptors (Lipinski definition) is 3. The summed E-state index contributed by atoms with van der Waals surface area (Å²) < 4.78 is 7.64. The fraction of sp³-hybridized carbons (Fsp3) is 0.581. The molecule has 0 amide bonds. The molecular formula is C62H81BN2O. The molecular weight excluding hydrogens is 800 g/mol. The molecule has 3 nitrogen and oxygen atoms in total. The summed E-state index contributed by atoms with van der Waals surface area (Å²) in [5.41, 5.74) is 22.9. The summed E-state index contributed by atoms with van der Waals surface area (Å²) in [6.07, 6.45) is 21.2. The highest BCUT2D eigenvalue weighted by Gasteiger charge is 2.54. The van der Waals surface area contributed by atoms with Crippen LogP contribution in [-0.4, -0.2) is 23.7 Å². The van der Waals surface area contributed by atoms with E-state index >= 15 is 0 Å². The molecule has 0 saturated heterocycles. The molecule has 348 valence electrons. The van der Waals surface area contributed by atoms with Crippen LogP contribution in [0.25, 0.3) is 11.0 Å². The molecule has 2 aromatic carbocycles. The second-order valence-electron chi connectivity index (χ2n) is 27.8. The third-order valence-electron chi connectivity index (χ3n) is 19.3. The van der Waals surface area contributed by atoms with Crippen molar-refractivity contribution in [1.82, 2.24) is 4.90 Å². The van der Waals surface area contributed by atoms with Crippen molar-refractivity contribution in [3.05, 3.63) is 122 Å². The van der Waals surface area contributed by atoms with Crippen molar-refractivity contribution < 1.29 is 4.42 Å². The lowest BCUT2D eigenvalue weighted by Gasteiger charge is -2.54. The second kappa shape index (κ2) is 13.9. The summed E-state index contributed by atoms with van der Waals surface area (Å²) in [4.78, 5) is 5.65. The van der Waals surface area contributed by atoms with Gasteiger partial charge in [-0.2, -0.15) is 0 Å². The highest BCUT2D eigenvalue weighted by atomic mass is 16.4. The van der Waals surface area contributed by atoms with Crippen molar-refractivity contribution in [2.45, 2.75) is 209 Å². The molecule has 3 unspecified atom stereocenters. The zero-order valence-corrected chi connectivity index (χ0v) is 44.2. The van der Waals surface area contributed by atoms with Gasteiger partial charge in [0.2, 0.25) is 0 Å². The van der Waals surface area contributed by atoms with E-state index in [0.29, 0.717) is 5.92 Å². The highest BCUT2D eigenvalue weighted by Crippen LogP contribution is 2.58. The van der Waals surface area contributed by atoms with Crippen molar-refractivity contribution in [1.29, 1.82) is 0 Å². The van der Waals surface area contributed by atoms with Gasteiger partial charge in [0.15, 0.2) is 5.88 Å². The molecule has 0 N–H and O–H groups in total. The van der Waals surface area contributed by atoms with E-state index < -0.39 is 0 Å². The Labute approximate surface area is 400 Å². The lowest BCUT2D eigenvalue weighted by molar-refractivity contribution is 0.236. The van der Waals surface area contributed by atoms with Gasteiger partial charge < -0.3 is 14.2 Å². The molecule has 2 aliphatic heterocycles. The minimum Gasteiger partial charge on any atom is -0.441 e. The van der Waals surface area contributed by atoms with Gasteiger partial charge in [-0.1, -0.05) is 146 Å². The summed E-state index contributed by atoms with van der Waals surface area (Å²) in [6, 6.07) is 13.1. The number of rotatable bonds is 2. The van der Waals surface area contributed by atoms with Gasteiger partial charge >= 0.3 is 0 Å². The Morgan fingerprint density at radius 3 is 1.82 bits per heavy atom. The second-order valence-corrected chi connectivity index (χ2v) is 27.8. The first kappa shape index (κ1) is 44.6. The van der Waals surface area contributed by atoms with Crippen molar-refractivity contribution >= 4 is 34.7 Å². The minimum atomic E-state index is 0.0797. The first-order valence-corrected chi connectivity index (χ1v) is 26.3. The molecule has 8 aliphatic rings. The first-order chi connectivity index (χ1) is 30.6. The summed E-state index contributed by atoms with van der Waals surface area (Å²) in [5, 5.41) is 1.32. The van der Waals surface area contributed by atoms with Crippen LogP contribution in [0.2, 0.25) is 0 Å². The molecule has 11 rings (SSSR count). The van der Waals surface area contributed by atoms with Crippen LogP contribution in [0.3, 0.4) is 0 Å². The van der Waals surface area contributed by atoms with Crippen molar-refractivity contribution in [2.24, 2.45) is 22.2 Å². The van der Waals surface area contributed by atoms with E-state index in [1.807, 2.05) is 0 Å². The average Bonchev–Trinajstić information content (AvgIpc) is 3.60.